The van der Waals surface area contributed by atoms with Crippen LogP contribution in [-0.2, 0) is 0 Å². The van der Waals surface area contributed by atoms with Crippen molar-refractivity contribution in [2.45, 2.75) is 38.8 Å². The highest BCUT2D eigenvalue weighted by Crippen LogP contribution is 2.41. The molecule has 2 saturated heterocycles. The number of benzene rings is 2. The number of anilines is 3. The predicted octanol–water partition coefficient (Wildman–Crippen LogP) is 6.21. The summed E-state index contributed by atoms with van der Waals surface area (Å²) in [6.07, 6.45) is 5.14. The zero-order chi connectivity index (χ0) is 29.8. The van der Waals surface area contributed by atoms with E-state index in [0.717, 1.165) is 48.9 Å². The van der Waals surface area contributed by atoms with Crippen molar-refractivity contribution in [1.82, 2.24) is 19.8 Å². The summed E-state index contributed by atoms with van der Waals surface area (Å²) < 4.78 is 17.3. The van der Waals surface area contributed by atoms with Gasteiger partial charge >= 0.3 is 0 Å². The van der Waals surface area contributed by atoms with Gasteiger partial charge in [0, 0.05) is 62.6 Å². The van der Waals surface area contributed by atoms with Crippen LogP contribution < -0.4 is 24.4 Å². The third-order valence-electron chi connectivity index (χ3n) is 8.25. The van der Waals surface area contributed by atoms with E-state index in [4.69, 9.17) is 37.4 Å². The molecule has 226 valence electrons. The second kappa shape index (κ2) is 13.5. The van der Waals surface area contributed by atoms with Crippen molar-refractivity contribution in [3.63, 3.8) is 0 Å². The Labute approximate surface area is 258 Å². The number of piperazine rings is 1. The fraction of sp³-hybridized carbons (Fsp3) is 0.484. The number of aromatic nitrogens is 2. The fourth-order valence-electron chi connectivity index (χ4n) is 5.78. The summed E-state index contributed by atoms with van der Waals surface area (Å²) in [5, 5.41) is 4.24. The Bertz CT molecular complexity index is 1360. The maximum Gasteiger partial charge on any atom is 0.227 e. The lowest BCUT2D eigenvalue weighted by atomic mass is 10.0. The number of nitrogens with zero attached hydrogens (tertiary/aromatic N) is 5. The van der Waals surface area contributed by atoms with Crippen LogP contribution in [0.25, 0.3) is 0 Å². The number of ether oxygens (including phenoxy) is 3. The van der Waals surface area contributed by atoms with E-state index in [-0.39, 0.29) is 0 Å². The normalized spacial score (nSPS) is 17.6. The first-order chi connectivity index (χ1) is 20.3. The highest BCUT2D eigenvalue weighted by Gasteiger charge is 2.28. The van der Waals surface area contributed by atoms with Crippen LogP contribution in [0.15, 0.2) is 36.7 Å². The Balaban J connectivity index is 1.20. The van der Waals surface area contributed by atoms with Crippen molar-refractivity contribution in [2.24, 2.45) is 0 Å². The molecule has 3 heterocycles. The molecule has 0 aliphatic carbocycles. The molecule has 2 fully saturated rings. The van der Waals surface area contributed by atoms with Crippen LogP contribution in [0.2, 0.25) is 10.0 Å². The molecule has 2 aliphatic rings. The fourth-order valence-corrected chi connectivity index (χ4v) is 6.51. The monoisotopic (exact) mass is 614 g/mol. The van der Waals surface area contributed by atoms with Crippen LogP contribution in [0.1, 0.15) is 37.0 Å². The van der Waals surface area contributed by atoms with E-state index in [9.17, 15) is 0 Å². The van der Waals surface area contributed by atoms with Crippen LogP contribution in [0.4, 0.5) is 17.3 Å². The van der Waals surface area contributed by atoms with E-state index >= 15 is 0 Å². The number of aryl methyl sites for hydroxylation is 1. The molecule has 0 saturated carbocycles. The average Bonchev–Trinajstić information content (AvgIpc) is 3.00. The predicted molar refractivity (Wildman–Crippen MR) is 169 cm³/mol. The van der Waals surface area contributed by atoms with Gasteiger partial charge in [0.15, 0.2) is 5.75 Å². The van der Waals surface area contributed by atoms with Gasteiger partial charge in [0.25, 0.3) is 0 Å². The number of halogens is 2. The Morgan fingerprint density at radius 3 is 2.21 bits per heavy atom. The largest absolute Gasteiger partial charge is 0.495 e. The zero-order valence-electron chi connectivity index (χ0n) is 25.0. The van der Waals surface area contributed by atoms with Crippen LogP contribution in [0.5, 0.6) is 17.2 Å². The Hall–Kier alpha value is -2.98. The molecule has 1 N–H and O–H groups in total. The molecule has 1 aromatic heterocycles. The van der Waals surface area contributed by atoms with Crippen molar-refractivity contribution >= 4 is 40.5 Å². The Kier molecular flexibility index (Phi) is 9.83. The lowest BCUT2D eigenvalue weighted by molar-refractivity contribution is 0.0981. The summed E-state index contributed by atoms with van der Waals surface area (Å²) >= 11 is 13.1. The van der Waals surface area contributed by atoms with Crippen molar-refractivity contribution in [3.8, 4) is 17.2 Å². The van der Waals surface area contributed by atoms with Gasteiger partial charge in [-0.2, -0.15) is 0 Å². The first-order valence-corrected chi connectivity index (χ1v) is 15.2. The number of likely N-dealkylation sites (N-methyl/N-ethyl adjacent to an activating group) is 1. The van der Waals surface area contributed by atoms with E-state index in [0.29, 0.717) is 39.1 Å². The van der Waals surface area contributed by atoms with E-state index in [1.54, 1.807) is 26.6 Å². The number of methoxy groups -OCH3 is 2. The van der Waals surface area contributed by atoms with Gasteiger partial charge in [-0.15, -0.1) is 0 Å². The molecule has 3 aromatic rings. The minimum Gasteiger partial charge on any atom is -0.495 e. The number of hydrogen-bond acceptors (Lipinski definition) is 9. The third kappa shape index (κ3) is 6.80. The van der Waals surface area contributed by atoms with Crippen molar-refractivity contribution in [2.75, 3.05) is 70.8 Å². The van der Waals surface area contributed by atoms with E-state index in [2.05, 4.69) is 43.1 Å². The van der Waals surface area contributed by atoms with Gasteiger partial charge in [-0.05, 0) is 57.5 Å². The molecule has 0 radical (unpaired) electrons. The summed E-state index contributed by atoms with van der Waals surface area (Å²) in [4.78, 5) is 16.4. The van der Waals surface area contributed by atoms with E-state index in [1.807, 2.05) is 32.0 Å². The lowest BCUT2D eigenvalue weighted by Gasteiger charge is -2.42. The molecule has 9 nitrogen and oxygen atoms in total. The minimum atomic E-state index is -0.440. The van der Waals surface area contributed by atoms with E-state index < -0.39 is 6.10 Å². The summed E-state index contributed by atoms with van der Waals surface area (Å²) in [5.74, 6) is 2.32. The van der Waals surface area contributed by atoms with E-state index in [1.165, 1.54) is 25.9 Å². The van der Waals surface area contributed by atoms with Crippen molar-refractivity contribution in [1.29, 1.82) is 0 Å². The Morgan fingerprint density at radius 1 is 0.905 bits per heavy atom. The van der Waals surface area contributed by atoms with Gasteiger partial charge in [0.1, 0.15) is 17.6 Å². The maximum absolute atomic E-state index is 6.55. The molecule has 0 amide bonds. The molecule has 1 atom stereocenters. The topological polar surface area (TPSA) is 75.2 Å². The molecule has 0 spiro atoms. The average molecular weight is 616 g/mol. The molecule has 2 aliphatic heterocycles. The summed E-state index contributed by atoms with van der Waals surface area (Å²) in [6, 6.07) is 8.62. The van der Waals surface area contributed by atoms with Crippen LogP contribution >= 0.6 is 23.2 Å². The zero-order valence-corrected chi connectivity index (χ0v) is 26.5. The SMILES string of the molecule is COc1cc(Nc2ncc(OC(C)c3c(Cl)c(C)cc(OC)c3Cl)cn2)ccc1N1CCC(N2CCN(C)CC2)CC1. The summed E-state index contributed by atoms with van der Waals surface area (Å²) in [7, 11) is 5.50. The van der Waals surface area contributed by atoms with Gasteiger partial charge in [0.05, 0.1) is 42.3 Å². The minimum absolute atomic E-state index is 0.427. The number of rotatable bonds is 9. The van der Waals surface area contributed by atoms with Crippen molar-refractivity contribution < 1.29 is 14.2 Å². The van der Waals surface area contributed by atoms with Gasteiger partial charge in [-0.1, -0.05) is 23.2 Å². The van der Waals surface area contributed by atoms with Gasteiger partial charge in [0.2, 0.25) is 5.95 Å². The van der Waals surface area contributed by atoms with Crippen molar-refractivity contribution in [3.05, 3.63) is 57.8 Å². The second-order valence-corrected chi connectivity index (χ2v) is 11.8. The quantitative estimate of drug-likeness (QED) is 0.303. The molecule has 5 rings (SSSR count). The van der Waals surface area contributed by atoms with Crippen LogP contribution in [0, 0.1) is 6.92 Å². The maximum atomic E-state index is 6.55. The van der Waals surface area contributed by atoms with Gasteiger partial charge in [-0.3, -0.25) is 4.90 Å². The molecule has 11 heteroatoms. The summed E-state index contributed by atoms with van der Waals surface area (Å²) in [5.41, 5.74) is 3.47. The highest BCUT2D eigenvalue weighted by atomic mass is 35.5. The first kappa shape index (κ1) is 30.5. The number of hydrogen-bond donors (Lipinski definition) is 1. The molecule has 0 bridgehead atoms. The smallest absolute Gasteiger partial charge is 0.227 e. The number of nitrogens with one attached hydrogen (secondary N) is 1. The summed E-state index contributed by atoms with van der Waals surface area (Å²) in [6.45, 7) is 10.5. The molecular weight excluding hydrogens is 575 g/mol. The van der Waals surface area contributed by atoms with Gasteiger partial charge in [-0.25, -0.2) is 9.97 Å². The second-order valence-electron chi connectivity index (χ2n) is 11.0. The standard InChI is InChI=1S/C31H40Cl2N6O3/c1-20-16-27(41-5)30(33)28(29(20)32)21(2)42-24-18-34-31(35-19-24)36-22-6-7-25(26(17-22)40-4)39-10-8-23(9-11-39)38-14-12-37(3)13-15-38/h6-7,16-19,21,23H,8-15H2,1-5H3,(H,34,35,36). The first-order valence-electron chi connectivity index (χ1n) is 14.4. The van der Waals surface area contributed by atoms with Gasteiger partial charge < -0.3 is 29.3 Å². The van der Waals surface area contributed by atoms with Crippen LogP contribution in [0.3, 0.4) is 0 Å². The molecular formula is C31H40Cl2N6O3. The third-order valence-corrected chi connectivity index (χ3v) is 9.14. The molecule has 42 heavy (non-hydrogen) atoms. The lowest BCUT2D eigenvalue weighted by Crippen LogP contribution is -2.52. The molecule has 2 aromatic carbocycles. The Morgan fingerprint density at radius 2 is 1.57 bits per heavy atom. The molecule has 1 unspecified atom stereocenters. The highest BCUT2D eigenvalue weighted by molar-refractivity contribution is 6.37. The number of piperidine rings is 1. The van der Waals surface area contributed by atoms with Crippen LogP contribution in [-0.4, -0.2) is 86.3 Å².